The summed E-state index contributed by atoms with van der Waals surface area (Å²) in [5, 5.41) is 6.60. The topological polar surface area (TPSA) is 41.1 Å². The number of thioether (sulfide) groups is 1. The SMILES string of the molecule is CCC1(CNC(=O)CC2CSCCN2)CCCC1. The molecular formula is C14H26N2OS. The first kappa shape index (κ1) is 14.2. The Morgan fingerprint density at radius 2 is 2.22 bits per heavy atom. The Labute approximate surface area is 115 Å². The first-order valence-electron chi connectivity index (χ1n) is 7.32. The van der Waals surface area contributed by atoms with E-state index in [0.717, 1.165) is 18.8 Å². The first-order chi connectivity index (χ1) is 8.74. The van der Waals surface area contributed by atoms with E-state index in [-0.39, 0.29) is 5.91 Å². The maximum absolute atomic E-state index is 12.0. The molecule has 1 saturated heterocycles. The van der Waals surface area contributed by atoms with Gasteiger partial charge in [0.25, 0.3) is 0 Å². The Bertz CT molecular complexity index is 271. The molecule has 0 bridgehead atoms. The quantitative estimate of drug-likeness (QED) is 0.804. The number of carbonyl (C=O) groups excluding carboxylic acids is 1. The van der Waals surface area contributed by atoms with Crippen LogP contribution in [0.2, 0.25) is 0 Å². The maximum Gasteiger partial charge on any atom is 0.221 e. The van der Waals surface area contributed by atoms with Gasteiger partial charge in [0.2, 0.25) is 5.91 Å². The smallest absolute Gasteiger partial charge is 0.221 e. The van der Waals surface area contributed by atoms with Gasteiger partial charge in [-0.25, -0.2) is 0 Å². The molecule has 1 aliphatic heterocycles. The summed E-state index contributed by atoms with van der Waals surface area (Å²) in [6.07, 6.45) is 7.11. The Kier molecular flexibility index (Phi) is 5.37. The molecule has 3 nitrogen and oxygen atoms in total. The van der Waals surface area contributed by atoms with E-state index in [9.17, 15) is 4.79 Å². The van der Waals surface area contributed by atoms with Crippen molar-refractivity contribution in [3.8, 4) is 0 Å². The Balaban J connectivity index is 1.70. The van der Waals surface area contributed by atoms with Crippen LogP contribution in [0.15, 0.2) is 0 Å². The molecule has 2 rings (SSSR count). The number of nitrogens with one attached hydrogen (secondary N) is 2. The van der Waals surface area contributed by atoms with Crippen molar-refractivity contribution in [1.82, 2.24) is 10.6 Å². The van der Waals surface area contributed by atoms with Crippen LogP contribution in [0.1, 0.15) is 45.4 Å². The first-order valence-corrected chi connectivity index (χ1v) is 8.47. The van der Waals surface area contributed by atoms with Gasteiger partial charge in [-0.3, -0.25) is 4.79 Å². The predicted molar refractivity (Wildman–Crippen MR) is 77.9 cm³/mol. The Hall–Kier alpha value is -0.220. The largest absolute Gasteiger partial charge is 0.355 e. The van der Waals surface area contributed by atoms with Gasteiger partial charge < -0.3 is 10.6 Å². The third-order valence-corrected chi connectivity index (χ3v) is 5.64. The van der Waals surface area contributed by atoms with Crippen molar-refractivity contribution in [2.45, 2.75) is 51.5 Å². The summed E-state index contributed by atoms with van der Waals surface area (Å²) in [7, 11) is 0. The summed E-state index contributed by atoms with van der Waals surface area (Å²) in [4.78, 5) is 12.0. The molecule has 0 aromatic rings. The average Bonchev–Trinajstić information content (AvgIpc) is 2.87. The molecule has 1 heterocycles. The lowest BCUT2D eigenvalue weighted by atomic mass is 9.83. The van der Waals surface area contributed by atoms with Crippen LogP contribution >= 0.6 is 11.8 Å². The van der Waals surface area contributed by atoms with Crippen molar-refractivity contribution in [3.63, 3.8) is 0 Å². The van der Waals surface area contributed by atoms with E-state index in [1.54, 1.807) is 0 Å². The number of hydrogen-bond acceptors (Lipinski definition) is 3. The van der Waals surface area contributed by atoms with Gasteiger partial charge in [-0.1, -0.05) is 19.8 Å². The highest BCUT2D eigenvalue weighted by molar-refractivity contribution is 7.99. The number of amides is 1. The number of carbonyl (C=O) groups is 1. The molecule has 2 aliphatic rings. The van der Waals surface area contributed by atoms with Gasteiger partial charge in [0.05, 0.1) is 0 Å². The third-order valence-electron chi connectivity index (χ3n) is 4.51. The molecule has 1 amide bonds. The Morgan fingerprint density at radius 3 is 2.83 bits per heavy atom. The number of rotatable bonds is 5. The summed E-state index contributed by atoms with van der Waals surface area (Å²) >= 11 is 1.95. The zero-order valence-electron chi connectivity index (χ0n) is 11.5. The van der Waals surface area contributed by atoms with E-state index in [0.29, 0.717) is 17.9 Å². The molecule has 0 aromatic heterocycles. The zero-order valence-corrected chi connectivity index (χ0v) is 12.3. The minimum Gasteiger partial charge on any atom is -0.355 e. The monoisotopic (exact) mass is 270 g/mol. The van der Waals surface area contributed by atoms with Crippen molar-refractivity contribution < 1.29 is 4.79 Å². The summed E-state index contributed by atoms with van der Waals surface area (Å²) < 4.78 is 0. The van der Waals surface area contributed by atoms with Crippen LogP contribution in [0.5, 0.6) is 0 Å². The minimum absolute atomic E-state index is 0.231. The van der Waals surface area contributed by atoms with Crippen LogP contribution in [0.3, 0.4) is 0 Å². The average molecular weight is 270 g/mol. The van der Waals surface area contributed by atoms with E-state index in [1.807, 2.05) is 11.8 Å². The fourth-order valence-corrected chi connectivity index (χ4v) is 4.06. The highest BCUT2D eigenvalue weighted by atomic mass is 32.2. The molecular weight excluding hydrogens is 244 g/mol. The van der Waals surface area contributed by atoms with Crippen molar-refractivity contribution in [2.75, 3.05) is 24.6 Å². The molecule has 18 heavy (non-hydrogen) atoms. The minimum atomic E-state index is 0.231. The normalized spacial score (nSPS) is 27.1. The van der Waals surface area contributed by atoms with Crippen LogP contribution in [0.25, 0.3) is 0 Å². The van der Waals surface area contributed by atoms with Crippen molar-refractivity contribution in [1.29, 1.82) is 0 Å². The van der Waals surface area contributed by atoms with Crippen LogP contribution in [0, 0.1) is 5.41 Å². The van der Waals surface area contributed by atoms with E-state index < -0.39 is 0 Å². The van der Waals surface area contributed by atoms with E-state index in [1.165, 1.54) is 37.9 Å². The summed E-state index contributed by atoms with van der Waals surface area (Å²) in [5.74, 6) is 2.48. The standard InChI is InChI=1S/C14H26N2OS/c1-2-14(5-3-4-6-14)11-16-13(17)9-12-10-18-8-7-15-12/h12,15H,2-11H2,1H3,(H,16,17). The molecule has 1 atom stereocenters. The molecule has 0 aromatic carbocycles. The second kappa shape index (κ2) is 6.80. The number of hydrogen-bond donors (Lipinski definition) is 2. The van der Waals surface area contributed by atoms with Crippen molar-refractivity contribution in [2.24, 2.45) is 5.41 Å². The fraction of sp³-hybridized carbons (Fsp3) is 0.929. The van der Waals surface area contributed by atoms with E-state index >= 15 is 0 Å². The lowest BCUT2D eigenvalue weighted by Crippen LogP contribution is -2.43. The van der Waals surface area contributed by atoms with E-state index in [2.05, 4.69) is 17.6 Å². The lowest BCUT2D eigenvalue weighted by molar-refractivity contribution is -0.122. The van der Waals surface area contributed by atoms with Crippen LogP contribution in [0.4, 0.5) is 0 Å². The highest BCUT2D eigenvalue weighted by Crippen LogP contribution is 2.40. The van der Waals surface area contributed by atoms with Crippen molar-refractivity contribution in [3.05, 3.63) is 0 Å². The zero-order chi connectivity index (χ0) is 12.8. The van der Waals surface area contributed by atoms with Crippen molar-refractivity contribution >= 4 is 17.7 Å². The second-order valence-electron chi connectivity index (χ2n) is 5.77. The van der Waals surface area contributed by atoms with Gasteiger partial charge in [0.15, 0.2) is 0 Å². The van der Waals surface area contributed by atoms with Crippen LogP contribution in [-0.4, -0.2) is 36.5 Å². The predicted octanol–water partition coefficient (Wildman–Crippen LogP) is 2.17. The van der Waals surface area contributed by atoms with E-state index in [4.69, 9.17) is 0 Å². The van der Waals surface area contributed by atoms with Crippen LogP contribution < -0.4 is 10.6 Å². The van der Waals surface area contributed by atoms with Gasteiger partial charge in [-0.15, -0.1) is 0 Å². The molecule has 0 radical (unpaired) electrons. The molecule has 0 spiro atoms. The molecule has 1 saturated carbocycles. The fourth-order valence-electron chi connectivity index (χ4n) is 3.11. The highest BCUT2D eigenvalue weighted by Gasteiger charge is 2.32. The van der Waals surface area contributed by atoms with Gasteiger partial charge in [0.1, 0.15) is 0 Å². The maximum atomic E-state index is 12.0. The van der Waals surface area contributed by atoms with Crippen LogP contribution in [-0.2, 0) is 4.79 Å². The molecule has 4 heteroatoms. The second-order valence-corrected chi connectivity index (χ2v) is 6.92. The summed E-state index contributed by atoms with van der Waals surface area (Å²) in [6.45, 7) is 4.19. The van der Waals surface area contributed by atoms with Gasteiger partial charge in [-0.2, -0.15) is 11.8 Å². The van der Waals surface area contributed by atoms with Gasteiger partial charge in [-0.05, 0) is 24.7 Å². The molecule has 1 aliphatic carbocycles. The summed E-state index contributed by atoms with van der Waals surface area (Å²) in [6, 6.07) is 0.380. The molecule has 104 valence electrons. The molecule has 1 unspecified atom stereocenters. The molecule has 2 fully saturated rings. The van der Waals surface area contributed by atoms with Gasteiger partial charge in [0, 0.05) is 37.1 Å². The van der Waals surface area contributed by atoms with Gasteiger partial charge >= 0.3 is 0 Å². The lowest BCUT2D eigenvalue weighted by Gasteiger charge is -2.28. The Morgan fingerprint density at radius 1 is 1.44 bits per heavy atom. The summed E-state index contributed by atoms with van der Waals surface area (Å²) in [5.41, 5.74) is 0.407. The molecule has 2 N–H and O–H groups in total. The third kappa shape index (κ3) is 3.89.